The Kier molecular flexibility index (Phi) is 7890. The van der Waals surface area contributed by atoms with Crippen LogP contribution in [0.15, 0.2) is 0 Å². The van der Waals surface area contributed by atoms with Gasteiger partial charge >= 0.3 is 0 Å². The van der Waals surface area contributed by atoms with Gasteiger partial charge in [-0.05, 0) is 0 Å². The van der Waals surface area contributed by atoms with Gasteiger partial charge in [0.25, 0.3) is 0 Å². The molecule has 0 heterocycles. The minimum atomic E-state index is 0. The maximum atomic E-state index is 0. The molecule has 0 bridgehead atoms. The van der Waals surface area contributed by atoms with Gasteiger partial charge in [0.2, 0.25) is 0 Å². The molecule has 0 saturated heterocycles. The summed E-state index contributed by atoms with van der Waals surface area (Å²) in [7, 11) is 0. The van der Waals surface area contributed by atoms with Gasteiger partial charge in [0.15, 0.2) is 0 Å². The van der Waals surface area contributed by atoms with Crippen LogP contribution in [0.1, 0.15) is 0 Å². The summed E-state index contributed by atoms with van der Waals surface area (Å²) < 4.78 is 0. The Hall–Kier alpha value is 2.53. The van der Waals surface area contributed by atoms with Crippen LogP contribution in [0, 0.1) is 0 Å². The molecule has 4 radical (unpaired) electrons. The monoisotopic (exact) mass is 672 g/mol. The third-order valence-electron chi connectivity index (χ3n) is 0. The van der Waals surface area contributed by atoms with Crippen molar-refractivity contribution in [3.05, 3.63) is 0 Å². The topological polar surface area (TPSA) is 200 Å². The molecular weight excluding hydrogens is 670 g/mol. The van der Waals surface area contributed by atoms with Crippen LogP contribution < -0.4 is 0 Å². The van der Waals surface area contributed by atoms with Crippen LogP contribution >= 0.6 is 0 Å². The third-order valence-corrected chi connectivity index (χ3v) is 0. The van der Waals surface area contributed by atoms with E-state index in [2.05, 4.69) is 0 Å². The summed E-state index contributed by atoms with van der Waals surface area (Å²) >= 11 is 0. The Morgan fingerprint density at radius 3 is 0.273 bits per heavy atom. The van der Waals surface area contributed by atoms with E-state index in [0.29, 0.717) is 0 Å². The Morgan fingerprint density at radius 2 is 0.273 bits per heavy atom. The number of hydrogen-bond donors (Lipinski definition) is 0. The van der Waals surface area contributed by atoms with Crippen LogP contribution in [-0.4, -0.2) is 0 Å². The van der Waals surface area contributed by atoms with Crippen LogP contribution in [0.3, 0.4) is 0 Å². The number of hydrogen-bond acceptors (Lipinski definition) is 0. The van der Waals surface area contributed by atoms with E-state index in [9.17, 15) is 0 Å². The summed E-state index contributed by atoms with van der Waals surface area (Å²) in [4.78, 5) is 0. The molecule has 7 nitrogen and oxygen atoms in total. The Balaban J connectivity index is 0. The smallest absolute Gasteiger partial charge is 0 e. The van der Waals surface area contributed by atoms with Crippen molar-refractivity contribution in [2.45, 2.75) is 0 Å². The Labute approximate surface area is 123 Å². The molecule has 0 aromatic carbocycles. The largest absolute Gasteiger partial charge is 2.00 e. The van der Waals surface area contributed by atoms with Crippen molar-refractivity contribution in [3.63, 3.8) is 0 Å². The maximum absolute atomic E-state index is 0. The standard InChI is InChI=1S/2Nb.7O.2Re/q;;7*-2;;. The van der Waals surface area contributed by atoms with Crippen LogP contribution in [0.5, 0.6) is 0 Å². The van der Waals surface area contributed by atoms with E-state index in [-0.39, 0.29) is 124 Å². The average Bonchev–Trinajstić information content (AvgIpc) is 0. The fraction of sp³-hybridized carbons (Fsp3) is 0. The van der Waals surface area contributed by atoms with Crippen molar-refractivity contribution >= 4 is 0 Å². The van der Waals surface area contributed by atoms with Crippen molar-refractivity contribution < 1.29 is 124 Å². The molecule has 0 fully saturated rings. The minimum Gasteiger partial charge on any atom is -2.00 e. The van der Waals surface area contributed by atoms with E-state index in [4.69, 9.17) is 0 Å². The van der Waals surface area contributed by atoms with E-state index >= 15 is 0 Å². The van der Waals surface area contributed by atoms with Crippen LogP contribution in [-0.2, 0) is 124 Å². The molecule has 0 atom stereocenters. The van der Waals surface area contributed by atoms with Crippen LogP contribution in [0.25, 0.3) is 0 Å². The first-order valence-corrected chi connectivity index (χ1v) is 0. The molecule has 0 aromatic rings. The fourth-order valence-corrected chi connectivity index (χ4v) is 0. The first kappa shape index (κ1) is 333. The first-order chi connectivity index (χ1) is 0. The summed E-state index contributed by atoms with van der Waals surface area (Å²) in [5.74, 6) is 0. The quantitative estimate of drug-likeness (QED) is 0.290. The molecule has 0 rings (SSSR count). The van der Waals surface area contributed by atoms with Crippen LogP contribution in [0.4, 0.5) is 0 Å². The molecular formula is Nb2O7Re2-14. The van der Waals surface area contributed by atoms with E-state index in [1.165, 1.54) is 0 Å². The van der Waals surface area contributed by atoms with Crippen molar-refractivity contribution in [3.8, 4) is 0 Å². The molecule has 0 aliphatic carbocycles. The predicted octanol–water partition coefficient (Wildman–Crippen LogP) is -0.842. The maximum Gasteiger partial charge on any atom is 0 e. The van der Waals surface area contributed by atoms with E-state index < -0.39 is 0 Å². The van der Waals surface area contributed by atoms with Gasteiger partial charge in [0, 0.05) is 85.6 Å². The zero-order valence-corrected chi connectivity index (χ0v) is 14.3. The summed E-state index contributed by atoms with van der Waals surface area (Å²) in [6.07, 6.45) is 0. The van der Waals surface area contributed by atoms with E-state index in [0.717, 1.165) is 0 Å². The summed E-state index contributed by atoms with van der Waals surface area (Å²) in [5.41, 5.74) is 0. The third kappa shape index (κ3) is 218. The molecule has 0 aromatic heterocycles. The Bertz CT molecular complexity index is 14.4. The molecule has 0 aliphatic heterocycles. The molecule has 0 saturated carbocycles. The average molecular weight is 670 g/mol. The van der Waals surface area contributed by atoms with Gasteiger partial charge in [0.05, 0.1) is 0 Å². The first-order valence-electron chi connectivity index (χ1n) is 0. The molecule has 80 valence electrons. The van der Waals surface area contributed by atoms with Crippen molar-refractivity contribution in [2.24, 2.45) is 0 Å². The van der Waals surface area contributed by atoms with E-state index in [1.54, 1.807) is 0 Å². The molecule has 11 heavy (non-hydrogen) atoms. The SMILES string of the molecule is [Nb].[Nb].[O-2].[O-2].[O-2].[O-2].[O-2].[O-2].[O-2].[Re].[Re]. The second-order valence-corrected chi connectivity index (χ2v) is 0. The van der Waals surface area contributed by atoms with Gasteiger partial charge in [0.1, 0.15) is 0 Å². The summed E-state index contributed by atoms with van der Waals surface area (Å²) in [6, 6.07) is 0. The molecule has 0 N–H and O–H groups in total. The van der Waals surface area contributed by atoms with Gasteiger partial charge in [-0.1, -0.05) is 0 Å². The fourth-order valence-electron chi connectivity index (χ4n) is 0. The Morgan fingerprint density at radius 1 is 0.273 bits per heavy atom. The van der Waals surface area contributed by atoms with Crippen LogP contribution in [0.2, 0.25) is 0 Å². The van der Waals surface area contributed by atoms with Gasteiger partial charge in [-0.25, -0.2) is 0 Å². The zero-order valence-electron chi connectivity index (χ0n) is 4.51. The number of rotatable bonds is 0. The second-order valence-electron chi connectivity index (χ2n) is 0. The predicted molar refractivity (Wildman–Crippen MR) is 4.81 cm³/mol. The molecule has 0 amide bonds. The molecule has 0 spiro atoms. The molecule has 11 heteroatoms. The van der Waals surface area contributed by atoms with Gasteiger partial charge in [-0.3, -0.25) is 0 Å². The van der Waals surface area contributed by atoms with Crippen molar-refractivity contribution in [2.75, 3.05) is 0 Å². The molecule has 0 unspecified atom stereocenters. The zero-order chi connectivity index (χ0) is 0. The summed E-state index contributed by atoms with van der Waals surface area (Å²) in [5, 5.41) is 0. The molecule has 0 aliphatic rings. The van der Waals surface area contributed by atoms with Crippen molar-refractivity contribution in [1.29, 1.82) is 0 Å². The van der Waals surface area contributed by atoms with Crippen molar-refractivity contribution in [1.82, 2.24) is 0 Å². The van der Waals surface area contributed by atoms with Gasteiger partial charge < -0.3 is 38.3 Å². The summed E-state index contributed by atoms with van der Waals surface area (Å²) in [6.45, 7) is 0. The van der Waals surface area contributed by atoms with Gasteiger partial charge in [-0.2, -0.15) is 0 Å². The van der Waals surface area contributed by atoms with E-state index in [1.807, 2.05) is 0 Å². The second kappa shape index (κ2) is 261. The van der Waals surface area contributed by atoms with Gasteiger partial charge in [-0.15, -0.1) is 0 Å². The minimum absolute atomic E-state index is 0. The normalized spacial score (nSPS) is 0.